The smallest absolute Gasteiger partial charge is 0.246 e. The number of ether oxygens (including phenoxy) is 2. The number of benzene rings is 2. The van der Waals surface area contributed by atoms with Crippen LogP contribution in [-0.4, -0.2) is 54.9 Å². The normalized spacial score (nSPS) is 16.0. The summed E-state index contributed by atoms with van der Waals surface area (Å²) < 4.78 is 25.2. The van der Waals surface area contributed by atoms with Crippen LogP contribution in [0.3, 0.4) is 0 Å². The molecule has 3 rings (SSSR count). The molecule has 1 N–H and O–H groups in total. The van der Waals surface area contributed by atoms with E-state index >= 15 is 0 Å². The fourth-order valence-corrected chi connectivity index (χ4v) is 3.49. The second kappa shape index (κ2) is 11.1. The zero-order valence-electron chi connectivity index (χ0n) is 18.3. The maximum Gasteiger partial charge on any atom is 0.246 e. The molecule has 0 aliphatic carbocycles. The number of anilines is 1. The second-order valence-electron chi connectivity index (χ2n) is 7.53. The van der Waals surface area contributed by atoms with Crippen molar-refractivity contribution in [3.63, 3.8) is 0 Å². The van der Waals surface area contributed by atoms with Gasteiger partial charge in [-0.25, -0.2) is 4.39 Å². The monoisotopic (exact) mass is 474 g/mol. The molecule has 174 valence electrons. The minimum absolute atomic E-state index is 0.00201. The third kappa shape index (κ3) is 6.87. The van der Waals surface area contributed by atoms with Crippen molar-refractivity contribution in [2.45, 2.75) is 20.0 Å². The van der Waals surface area contributed by atoms with Crippen LogP contribution in [0.1, 0.15) is 29.8 Å². The number of hydrogen-bond donors (Lipinski definition) is 1. The molecule has 33 heavy (non-hydrogen) atoms. The molecule has 0 bridgehead atoms. The first kappa shape index (κ1) is 24.4. The van der Waals surface area contributed by atoms with Crippen LogP contribution < -0.4 is 10.1 Å². The predicted molar refractivity (Wildman–Crippen MR) is 123 cm³/mol. The lowest BCUT2D eigenvalue weighted by Crippen LogP contribution is -2.47. The van der Waals surface area contributed by atoms with Crippen molar-refractivity contribution in [3.05, 3.63) is 64.4 Å². The highest BCUT2D eigenvalue weighted by molar-refractivity contribution is 6.31. The number of amides is 2. The Balaban J connectivity index is 1.59. The summed E-state index contributed by atoms with van der Waals surface area (Å²) in [6.45, 7) is 3.86. The molecule has 7 nitrogen and oxygen atoms in total. The van der Waals surface area contributed by atoms with Gasteiger partial charge in [-0.3, -0.25) is 14.4 Å². The number of nitrogens with zero attached hydrogens (tertiary/aromatic N) is 1. The number of carbonyl (C=O) groups is 3. The number of ketones is 1. The Hall–Kier alpha value is -3.23. The van der Waals surface area contributed by atoms with Crippen LogP contribution in [0.25, 0.3) is 6.08 Å². The first-order valence-corrected chi connectivity index (χ1v) is 10.7. The lowest BCUT2D eigenvalue weighted by molar-refractivity contribution is -0.134. The van der Waals surface area contributed by atoms with Crippen LogP contribution >= 0.6 is 11.6 Å². The van der Waals surface area contributed by atoms with Crippen LogP contribution in [0.2, 0.25) is 5.02 Å². The molecule has 0 aromatic heterocycles. The molecule has 1 unspecified atom stereocenters. The van der Waals surface area contributed by atoms with Gasteiger partial charge < -0.3 is 19.7 Å². The molecule has 0 spiro atoms. The van der Waals surface area contributed by atoms with Crippen LogP contribution in [0.5, 0.6) is 5.75 Å². The lowest BCUT2D eigenvalue weighted by atomic mass is 10.1. The van der Waals surface area contributed by atoms with Gasteiger partial charge in [0.05, 0.1) is 18.7 Å². The van der Waals surface area contributed by atoms with Gasteiger partial charge in [0.1, 0.15) is 24.3 Å². The number of nitrogens with one attached hydrogen (secondary N) is 1. The summed E-state index contributed by atoms with van der Waals surface area (Å²) in [5.74, 6) is -1.20. The van der Waals surface area contributed by atoms with E-state index in [-0.39, 0.29) is 35.5 Å². The Morgan fingerprint density at radius 2 is 2.03 bits per heavy atom. The Morgan fingerprint density at radius 3 is 2.73 bits per heavy atom. The SMILES string of the molecule is CC(=O)Nc1cc(Cl)ccc1/C=C/C(=O)N1CCOC(COc2ccc(C(C)=O)c(F)c2)C1. The largest absolute Gasteiger partial charge is 0.491 e. The van der Waals surface area contributed by atoms with Gasteiger partial charge in [-0.05, 0) is 42.8 Å². The van der Waals surface area contributed by atoms with E-state index in [2.05, 4.69) is 5.32 Å². The predicted octanol–water partition coefficient (Wildman–Crippen LogP) is 3.96. The zero-order valence-corrected chi connectivity index (χ0v) is 19.0. The first-order chi connectivity index (χ1) is 15.7. The summed E-state index contributed by atoms with van der Waals surface area (Å²) in [5, 5.41) is 3.16. The molecular weight excluding hydrogens is 451 g/mol. The third-order valence-electron chi connectivity index (χ3n) is 4.94. The Bertz CT molecular complexity index is 1090. The topological polar surface area (TPSA) is 84.9 Å². The maximum atomic E-state index is 14.0. The van der Waals surface area contributed by atoms with Crippen molar-refractivity contribution in [2.24, 2.45) is 0 Å². The van der Waals surface area contributed by atoms with Crippen molar-refractivity contribution in [3.8, 4) is 5.75 Å². The molecule has 1 aliphatic rings. The van der Waals surface area contributed by atoms with Crippen molar-refractivity contribution in [1.82, 2.24) is 4.90 Å². The zero-order chi connectivity index (χ0) is 24.0. The van der Waals surface area contributed by atoms with E-state index in [1.54, 1.807) is 29.2 Å². The minimum Gasteiger partial charge on any atom is -0.491 e. The maximum absolute atomic E-state index is 14.0. The van der Waals surface area contributed by atoms with Gasteiger partial charge in [-0.15, -0.1) is 0 Å². The standard InChI is InChI=1S/C24H24ClFN2O5/c1-15(29)21-7-6-19(12-22(21)26)33-14-20-13-28(9-10-32-20)24(31)8-4-17-3-5-18(25)11-23(17)27-16(2)30/h3-8,11-12,20H,9-10,13-14H2,1-2H3,(H,27,30)/b8-4+. The quantitative estimate of drug-likeness (QED) is 0.485. The summed E-state index contributed by atoms with van der Waals surface area (Å²) in [5.41, 5.74) is 1.16. The van der Waals surface area contributed by atoms with Gasteiger partial charge in [0.15, 0.2) is 5.78 Å². The Kier molecular flexibility index (Phi) is 8.19. The number of morpholine rings is 1. The highest BCUT2D eigenvalue weighted by Crippen LogP contribution is 2.23. The molecule has 0 radical (unpaired) electrons. The molecule has 0 saturated carbocycles. The van der Waals surface area contributed by atoms with E-state index in [0.717, 1.165) is 6.07 Å². The minimum atomic E-state index is -0.646. The molecule has 1 saturated heterocycles. The van der Waals surface area contributed by atoms with Gasteiger partial charge >= 0.3 is 0 Å². The molecule has 2 aromatic rings. The molecular formula is C24H24ClFN2O5. The van der Waals surface area contributed by atoms with E-state index in [1.807, 2.05) is 0 Å². The number of Topliss-reactive ketones (excluding diaryl/α,β-unsaturated/α-hetero) is 1. The molecule has 1 aliphatic heterocycles. The van der Waals surface area contributed by atoms with Gasteiger partial charge in [0.25, 0.3) is 0 Å². The van der Waals surface area contributed by atoms with Crippen molar-refractivity contribution >= 4 is 41.0 Å². The van der Waals surface area contributed by atoms with E-state index in [0.29, 0.717) is 36.0 Å². The summed E-state index contributed by atoms with van der Waals surface area (Å²) in [4.78, 5) is 37.1. The first-order valence-electron chi connectivity index (χ1n) is 10.3. The van der Waals surface area contributed by atoms with Gasteiger partial charge in [0.2, 0.25) is 11.8 Å². The van der Waals surface area contributed by atoms with Crippen LogP contribution in [-0.2, 0) is 14.3 Å². The van der Waals surface area contributed by atoms with E-state index in [9.17, 15) is 18.8 Å². The van der Waals surface area contributed by atoms with Crippen LogP contribution in [0, 0.1) is 5.82 Å². The molecule has 2 aromatic carbocycles. The average molecular weight is 475 g/mol. The summed E-state index contributed by atoms with van der Waals surface area (Å²) in [6.07, 6.45) is 2.65. The van der Waals surface area contributed by atoms with Crippen molar-refractivity contribution < 1.29 is 28.2 Å². The van der Waals surface area contributed by atoms with Crippen LogP contribution in [0.4, 0.5) is 10.1 Å². The van der Waals surface area contributed by atoms with E-state index in [1.165, 1.54) is 32.1 Å². The Morgan fingerprint density at radius 1 is 1.24 bits per heavy atom. The van der Waals surface area contributed by atoms with E-state index < -0.39 is 11.9 Å². The number of halogens is 2. The molecule has 2 amide bonds. The number of rotatable bonds is 7. The molecule has 1 heterocycles. The van der Waals surface area contributed by atoms with Crippen molar-refractivity contribution in [1.29, 1.82) is 0 Å². The van der Waals surface area contributed by atoms with E-state index in [4.69, 9.17) is 21.1 Å². The fourth-order valence-electron chi connectivity index (χ4n) is 3.32. The summed E-state index contributed by atoms with van der Waals surface area (Å²) >= 11 is 5.99. The third-order valence-corrected chi connectivity index (χ3v) is 5.17. The number of carbonyl (C=O) groups excluding carboxylic acids is 3. The number of hydrogen-bond acceptors (Lipinski definition) is 5. The summed E-state index contributed by atoms with van der Waals surface area (Å²) in [6, 6.07) is 9.05. The fraction of sp³-hybridized carbons (Fsp3) is 0.292. The highest BCUT2D eigenvalue weighted by atomic mass is 35.5. The second-order valence-corrected chi connectivity index (χ2v) is 7.97. The molecule has 9 heteroatoms. The van der Waals surface area contributed by atoms with Gasteiger partial charge in [0, 0.05) is 36.3 Å². The molecule has 1 fully saturated rings. The Labute approximate surface area is 196 Å². The van der Waals surface area contributed by atoms with Gasteiger partial charge in [-0.2, -0.15) is 0 Å². The van der Waals surface area contributed by atoms with Gasteiger partial charge in [-0.1, -0.05) is 17.7 Å². The highest BCUT2D eigenvalue weighted by Gasteiger charge is 2.24. The van der Waals surface area contributed by atoms with Crippen LogP contribution in [0.15, 0.2) is 42.5 Å². The van der Waals surface area contributed by atoms with Crippen molar-refractivity contribution in [2.75, 3.05) is 31.6 Å². The lowest BCUT2D eigenvalue weighted by Gasteiger charge is -2.32. The molecule has 1 atom stereocenters. The average Bonchev–Trinajstić information content (AvgIpc) is 2.76. The summed E-state index contributed by atoms with van der Waals surface area (Å²) in [7, 11) is 0.